The maximum atomic E-state index is 13.4. The van der Waals surface area contributed by atoms with Crippen molar-refractivity contribution in [3.63, 3.8) is 0 Å². The van der Waals surface area contributed by atoms with Crippen molar-refractivity contribution in [3.8, 4) is 11.3 Å². The number of hydrogen-bond donors (Lipinski definition) is 1. The lowest BCUT2D eigenvalue weighted by atomic mass is 10.2. The van der Waals surface area contributed by atoms with Crippen LogP contribution >= 0.6 is 11.3 Å². The average molecular weight is 398 g/mol. The number of carbonyl (C=O) groups excluding carboxylic acids is 1. The highest BCUT2D eigenvalue weighted by atomic mass is 32.1. The summed E-state index contributed by atoms with van der Waals surface area (Å²) in [7, 11) is 0. The summed E-state index contributed by atoms with van der Waals surface area (Å²) in [5.41, 5.74) is 0.954. The highest BCUT2D eigenvalue weighted by Gasteiger charge is 2.12. The van der Waals surface area contributed by atoms with E-state index in [0.29, 0.717) is 21.9 Å². The van der Waals surface area contributed by atoms with Gasteiger partial charge in [0, 0.05) is 10.9 Å². The Balaban J connectivity index is 1.52. The van der Waals surface area contributed by atoms with Gasteiger partial charge in [0.05, 0.1) is 22.9 Å². The minimum Gasteiger partial charge on any atom is -0.300 e. The van der Waals surface area contributed by atoms with E-state index in [2.05, 4.69) is 15.3 Å². The van der Waals surface area contributed by atoms with E-state index in [1.54, 1.807) is 17.5 Å². The van der Waals surface area contributed by atoms with Crippen molar-refractivity contribution >= 4 is 33.3 Å². The molecule has 4 aromatic rings. The lowest BCUT2D eigenvalue weighted by Gasteiger charge is -2.06. The Morgan fingerprint density at radius 1 is 1.14 bits per heavy atom. The van der Waals surface area contributed by atoms with Crippen molar-refractivity contribution in [2.45, 2.75) is 6.54 Å². The predicted octanol–water partition coefficient (Wildman–Crippen LogP) is 3.44. The summed E-state index contributed by atoms with van der Waals surface area (Å²) in [5, 5.41) is 4.70. The standard InChI is InChI=1S/C19H12F2N4O2S/c20-12-3-1-2-11(6-12)16-9-28-19(23-16)24-17(26)8-25-10-22-15-5-4-13(21)7-14(15)18(25)27/h1-7,9-10H,8H2,(H,23,24,26). The van der Waals surface area contributed by atoms with Crippen LogP contribution in [0.2, 0.25) is 0 Å². The zero-order valence-electron chi connectivity index (χ0n) is 14.2. The molecule has 0 aliphatic heterocycles. The second-order valence-corrected chi connectivity index (χ2v) is 6.79. The number of hydrogen-bond acceptors (Lipinski definition) is 5. The molecule has 0 aliphatic carbocycles. The SMILES string of the molecule is O=C(Cn1cnc2ccc(F)cc2c1=O)Nc1nc(-c2cccc(F)c2)cs1. The van der Waals surface area contributed by atoms with Gasteiger partial charge in [-0.3, -0.25) is 14.2 Å². The molecule has 0 fully saturated rings. The predicted molar refractivity (Wildman–Crippen MR) is 102 cm³/mol. The van der Waals surface area contributed by atoms with E-state index in [0.717, 1.165) is 10.6 Å². The van der Waals surface area contributed by atoms with Crippen LogP contribution in [0.25, 0.3) is 22.2 Å². The molecule has 2 aromatic carbocycles. The summed E-state index contributed by atoms with van der Waals surface area (Å²) < 4.78 is 27.8. The van der Waals surface area contributed by atoms with Crippen LogP contribution in [0.4, 0.5) is 13.9 Å². The Bertz CT molecular complexity index is 1250. The quantitative estimate of drug-likeness (QED) is 0.571. The van der Waals surface area contributed by atoms with Gasteiger partial charge < -0.3 is 5.32 Å². The van der Waals surface area contributed by atoms with Crippen LogP contribution in [-0.4, -0.2) is 20.4 Å². The summed E-state index contributed by atoms with van der Waals surface area (Å²) in [4.78, 5) is 33.0. The molecule has 9 heteroatoms. The topological polar surface area (TPSA) is 76.9 Å². The van der Waals surface area contributed by atoms with Crippen LogP contribution in [-0.2, 0) is 11.3 Å². The molecule has 2 aromatic heterocycles. The van der Waals surface area contributed by atoms with Gasteiger partial charge in [0.1, 0.15) is 18.2 Å². The van der Waals surface area contributed by atoms with Crippen LogP contribution < -0.4 is 10.9 Å². The van der Waals surface area contributed by atoms with Crippen molar-refractivity contribution in [2.75, 3.05) is 5.32 Å². The van der Waals surface area contributed by atoms with Crippen LogP contribution in [0.5, 0.6) is 0 Å². The number of nitrogens with one attached hydrogen (secondary N) is 1. The van der Waals surface area contributed by atoms with Crippen LogP contribution in [0, 0.1) is 11.6 Å². The first-order chi connectivity index (χ1) is 13.5. The van der Waals surface area contributed by atoms with Crippen LogP contribution in [0.3, 0.4) is 0 Å². The van der Waals surface area contributed by atoms with E-state index in [-0.39, 0.29) is 17.7 Å². The summed E-state index contributed by atoms with van der Waals surface area (Å²) in [6.07, 6.45) is 1.24. The average Bonchev–Trinajstić information content (AvgIpc) is 3.13. The summed E-state index contributed by atoms with van der Waals surface area (Å²) in [6, 6.07) is 9.67. The van der Waals surface area contributed by atoms with E-state index in [4.69, 9.17) is 0 Å². The molecule has 2 heterocycles. The molecule has 0 unspecified atom stereocenters. The number of aromatic nitrogens is 3. The van der Waals surface area contributed by atoms with Gasteiger partial charge in [-0.15, -0.1) is 11.3 Å². The monoisotopic (exact) mass is 398 g/mol. The fraction of sp³-hybridized carbons (Fsp3) is 0.0526. The number of anilines is 1. The third kappa shape index (κ3) is 3.65. The molecular formula is C19H12F2N4O2S. The van der Waals surface area contributed by atoms with Crippen molar-refractivity contribution in [1.29, 1.82) is 0 Å². The summed E-state index contributed by atoms with van der Waals surface area (Å²) >= 11 is 1.18. The number of thiazole rings is 1. The smallest absolute Gasteiger partial charge is 0.261 e. The molecule has 1 amide bonds. The fourth-order valence-electron chi connectivity index (χ4n) is 2.67. The van der Waals surface area contributed by atoms with Gasteiger partial charge in [0.2, 0.25) is 5.91 Å². The van der Waals surface area contributed by atoms with Gasteiger partial charge in [0.15, 0.2) is 5.13 Å². The Morgan fingerprint density at radius 3 is 2.79 bits per heavy atom. The zero-order chi connectivity index (χ0) is 19.7. The normalized spacial score (nSPS) is 10.9. The van der Waals surface area contributed by atoms with E-state index in [1.807, 2.05) is 0 Å². The molecule has 0 spiro atoms. The molecule has 0 radical (unpaired) electrons. The Morgan fingerprint density at radius 2 is 1.96 bits per heavy atom. The van der Waals surface area contributed by atoms with E-state index in [1.165, 1.54) is 41.9 Å². The Hall–Kier alpha value is -3.46. The summed E-state index contributed by atoms with van der Waals surface area (Å²) in [5.74, 6) is -1.42. The van der Waals surface area contributed by atoms with Gasteiger partial charge in [-0.25, -0.2) is 18.7 Å². The zero-order valence-corrected chi connectivity index (χ0v) is 15.0. The highest BCUT2D eigenvalue weighted by Crippen LogP contribution is 2.25. The van der Waals surface area contributed by atoms with Crippen molar-refractivity contribution < 1.29 is 13.6 Å². The molecule has 0 aliphatic rings. The molecule has 4 rings (SSSR count). The Kier molecular flexibility index (Phi) is 4.66. The number of rotatable bonds is 4. The minimum atomic E-state index is -0.554. The second-order valence-electron chi connectivity index (χ2n) is 5.94. The van der Waals surface area contributed by atoms with E-state index >= 15 is 0 Å². The number of fused-ring (bicyclic) bond motifs is 1. The van der Waals surface area contributed by atoms with Gasteiger partial charge in [-0.2, -0.15) is 0 Å². The van der Waals surface area contributed by atoms with E-state index in [9.17, 15) is 18.4 Å². The molecule has 0 bridgehead atoms. The maximum absolute atomic E-state index is 13.4. The lowest BCUT2D eigenvalue weighted by Crippen LogP contribution is -2.27. The first-order valence-electron chi connectivity index (χ1n) is 8.15. The maximum Gasteiger partial charge on any atom is 0.261 e. The van der Waals surface area contributed by atoms with Crippen LogP contribution in [0.1, 0.15) is 0 Å². The minimum absolute atomic E-state index is 0.0953. The van der Waals surface area contributed by atoms with Gasteiger partial charge >= 0.3 is 0 Å². The third-order valence-electron chi connectivity index (χ3n) is 3.97. The number of amides is 1. The van der Waals surface area contributed by atoms with Gasteiger partial charge in [-0.1, -0.05) is 12.1 Å². The highest BCUT2D eigenvalue weighted by molar-refractivity contribution is 7.14. The fourth-order valence-corrected chi connectivity index (χ4v) is 3.40. The molecule has 140 valence electrons. The third-order valence-corrected chi connectivity index (χ3v) is 4.73. The van der Waals surface area contributed by atoms with Gasteiger partial charge in [-0.05, 0) is 30.3 Å². The molecule has 0 saturated heterocycles. The Labute approximate surface area is 161 Å². The first-order valence-corrected chi connectivity index (χ1v) is 9.03. The van der Waals surface area contributed by atoms with Crippen LogP contribution in [0.15, 0.2) is 59.0 Å². The molecule has 6 nitrogen and oxygen atoms in total. The number of nitrogens with zero attached hydrogens (tertiary/aromatic N) is 3. The van der Waals surface area contributed by atoms with Crippen molar-refractivity contribution in [1.82, 2.24) is 14.5 Å². The number of carbonyl (C=O) groups is 1. The molecule has 28 heavy (non-hydrogen) atoms. The molecule has 1 N–H and O–H groups in total. The first kappa shape index (κ1) is 17.9. The largest absolute Gasteiger partial charge is 0.300 e. The molecule has 0 saturated carbocycles. The molecular weight excluding hydrogens is 386 g/mol. The van der Waals surface area contributed by atoms with Crippen molar-refractivity contribution in [2.24, 2.45) is 0 Å². The second kappa shape index (κ2) is 7.28. The van der Waals surface area contributed by atoms with E-state index < -0.39 is 17.3 Å². The number of benzene rings is 2. The van der Waals surface area contributed by atoms with Crippen molar-refractivity contribution in [3.05, 3.63) is 76.2 Å². The lowest BCUT2D eigenvalue weighted by molar-refractivity contribution is -0.116. The molecule has 0 atom stereocenters. The van der Waals surface area contributed by atoms with Gasteiger partial charge in [0.25, 0.3) is 5.56 Å². The number of halogens is 2. The summed E-state index contributed by atoms with van der Waals surface area (Å²) in [6.45, 7) is -0.298.